The molecule has 13 heavy (non-hydrogen) atoms. The van der Waals surface area contributed by atoms with Crippen LogP contribution in [0.3, 0.4) is 0 Å². The molecule has 2 aliphatic rings. The summed E-state index contributed by atoms with van der Waals surface area (Å²) in [7, 11) is 0. The average molecular weight is 181 g/mol. The molecule has 0 spiro atoms. The molecular weight excluding hydrogens is 162 g/mol. The number of fused-ring (bicyclic) bond motifs is 1. The van der Waals surface area contributed by atoms with E-state index in [1.165, 1.54) is 6.42 Å². The van der Waals surface area contributed by atoms with Gasteiger partial charge in [0.2, 0.25) is 0 Å². The number of Topliss-reactive ketones (excluding diaryl/α,β-unsaturated/α-hetero) is 1. The topological polar surface area (TPSA) is 29.1 Å². The van der Waals surface area contributed by atoms with Crippen LogP contribution in [0.2, 0.25) is 0 Å². The molecule has 0 radical (unpaired) electrons. The number of piperidine rings is 1. The van der Waals surface area contributed by atoms with Crippen LogP contribution in [-0.4, -0.2) is 17.9 Å². The van der Waals surface area contributed by atoms with Gasteiger partial charge in [0.1, 0.15) is 0 Å². The minimum atomic E-state index is 0.202. The lowest BCUT2D eigenvalue weighted by Crippen LogP contribution is -2.37. The molecule has 0 aromatic heterocycles. The molecular formula is C11H19NO. The van der Waals surface area contributed by atoms with Gasteiger partial charge in [-0.05, 0) is 31.6 Å². The van der Waals surface area contributed by atoms with Gasteiger partial charge in [0.25, 0.3) is 0 Å². The molecule has 0 unspecified atom stereocenters. The van der Waals surface area contributed by atoms with Crippen LogP contribution in [0.15, 0.2) is 0 Å². The summed E-state index contributed by atoms with van der Waals surface area (Å²) >= 11 is 0. The Bertz CT molecular complexity index is 200. The lowest BCUT2D eigenvalue weighted by molar-refractivity contribution is -0.125. The van der Waals surface area contributed by atoms with Gasteiger partial charge >= 0.3 is 0 Å². The van der Waals surface area contributed by atoms with Crippen LogP contribution in [0.4, 0.5) is 0 Å². The van der Waals surface area contributed by atoms with Gasteiger partial charge in [-0.2, -0.15) is 0 Å². The summed E-state index contributed by atoms with van der Waals surface area (Å²) in [6.07, 6.45) is 4.43. The fourth-order valence-electron chi connectivity index (χ4n) is 2.52. The summed E-state index contributed by atoms with van der Waals surface area (Å²) in [6.45, 7) is 4.23. The van der Waals surface area contributed by atoms with Gasteiger partial charge in [-0.15, -0.1) is 0 Å². The Hall–Kier alpha value is -0.370. The van der Waals surface area contributed by atoms with E-state index in [1.54, 1.807) is 0 Å². The number of carbonyl (C=O) groups excluding carboxylic acids is 1. The first-order valence-corrected chi connectivity index (χ1v) is 5.56. The molecule has 0 amide bonds. The third-order valence-corrected chi connectivity index (χ3v) is 3.61. The fourth-order valence-corrected chi connectivity index (χ4v) is 2.52. The van der Waals surface area contributed by atoms with Gasteiger partial charge in [0.05, 0.1) is 6.04 Å². The number of nitrogens with one attached hydrogen (secondary N) is 1. The second kappa shape index (κ2) is 3.41. The van der Waals surface area contributed by atoms with Crippen molar-refractivity contribution in [2.75, 3.05) is 0 Å². The van der Waals surface area contributed by atoms with Gasteiger partial charge in [0.15, 0.2) is 5.78 Å². The van der Waals surface area contributed by atoms with Crippen molar-refractivity contribution in [3.63, 3.8) is 0 Å². The SMILES string of the molecule is CCC(CC)C(=O)[C@@H]1C[C@@H]2C[C@@H]2N1. The summed E-state index contributed by atoms with van der Waals surface area (Å²) in [4.78, 5) is 11.9. The van der Waals surface area contributed by atoms with Crippen molar-refractivity contribution in [1.29, 1.82) is 0 Å². The summed E-state index contributed by atoms with van der Waals surface area (Å²) in [6, 6.07) is 0.900. The predicted octanol–water partition coefficient (Wildman–Crippen LogP) is 1.74. The highest BCUT2D eigenvalue weighted by molar-refractivity contribution is 5.86. The lowest BCUT2D eigenvalue weighted by Gasteiger charge is -2.18. The molecule has 2 heteroatoms. The monoisotopic (exact) mass is 181 g/mol. The second-order valence-corrected chi connectivity index (χ2v) is 4.47. The first kappa shape index (κ1) is 9.20. The standard InChI is InChI=1S/C11H19NO/c1-3-7(4-2)11(13)10-6-8-5-9(8)12-10/h7-10,12H,3-6H2,1-2H3/t8-,9-,10-/m0/s1. The highest BCUT2D eigenvalue weighted by atomic mass is 16.1. The highest BCUT2D eigenvalue weighted by Crippen LogP contribution is 2.41. The molecule has 2 nitrogen and oxygen atoms in total. The van der Waals surface area contributed by atoms with Crippen molar-refractivity contribution in [1.82, 2.24) is 5.32 Å². The number of hydrogen-bond acceptors (Lipinski definition) is 2. The predicted molar refractivity (Wildman–Crippen MR) is 52.5 cm³/mol. The van der Waals surface area contributed by atoms with Crippen molar-refractivity contribution >= 4 is 5.78 Å². The summed E-state index contributed by atoms with van der Waals surface area (Å²) in [5, 5.41) is 3.43. The molecule has 1 aliphatic heterocycles. The van der Waals surface area contributed by atoms with Crippen molar-refractivity contribution < 1.29 is 4.79 Å². The number of ketones is 1. The third kappa shape index (κ3) is 1.64. The van der Waals surface area contributed by atoms with Gasteiger partial charge < -0.3 is 5.32 Å². The van der Waals surface area contributed by atoms with Crippen molar-refractivity contribution in [3.8, 4) is 0 Å². The van der Waals surface area contributed by atoms with E-state index in [0.29, 0.717) is 17.7 Å². The van der Waals surface area contributed by atoms with Crippen molar-refractivity contribution in [2.45, 2.75) is 51.6 Å². The smallest absolute Gasteiger partial charge is 0.152 e. The van der Waals surface area contributed by atoms with Crippen LogP contribution in [0, 0.1) is 11.8 Å². The zero-order chi connectivity index (χ0) is 9.42. The van der Waals surface area contributed by atoms with E-state index in [-0.39, 0.29) is 6.04 Å². The maximum absolute atomic E-state index is 11.9. The van der Waals surface area contributed by atoms with Gasteiger partial charge in [-0.25, -0.2) is 0 Å². The molecule has 1 saturated carbocycles. The molecule has 2 fully saturated rings. The van der Waals surface area contributed by atoms with E-state index < -0.39 is 0 Å². The van der Waals surface area contributed by atoms with Crippen molar-refractivity contribution in [2.24, 2.45) is 11.8 Å². The normalized spacial score (nSPS) is 36.4. The summed E-state index contributed by atoms with van der Waals surface area (Å²) in [5.74, 6) is 1.61. The van der Waals surface area contributed by atoms with Gasteiger partial charge in [-0.3, -0.25) is 4.79 Å². The molecule has 1 N–H and O–H groups in total. The molecule has 74 valence electrons. The van der Waals surface area contributed by atoms with Crippen molar-refractivity contribution in [3.05, 3.63) is 0 Å². The summed E-state index contributed by atoms with van der Waals surface area (Å²) in [5.41, 5.74) is 0. The fraction of sp³-hybridized carbons (Fsp3) is 0.909. The van der Waals surface area contributed by atoms with Gasteiger partial charge in [-0.1, -0.05) is 13.8 Å². The number of carbonyl (C=O) groups is 1. The van der Waals surface area contributed by atoms with Crippen LogP contribution in [-0.2, 0) is 4.79 Å². The van der Waals surface area contributed by atoms with E-state index in [2.05, 4.69) is 19.2 Å². The number of hydrogen-bond donors (Lipinski definition) is 1. The largest absolute Gasteiger partial charge is 0.304 e. The molecule has 1 heterocycles. The zero-order valence-electron chi connectivity index (χ0n) is 8.55. The van der Waals surface area contributed by atoms with Crippen LogP contribution >= 0.6 is 0 Å². The molecule has 1 aliphatic carbocycles. The van der Waals surface area contributed by atoms with Gasteiger partial charge in [0, 0.05) is 12.0 Å². The Labute approximate surface area is 80.1 Å². The average Bonchev–Trinajstić information content (AvgIpc) is 2.75. The second-order valence-electron chi connectivity index (χ2n) is 4.47. The minimum absolute atomic E-state index is 0.202. The number of rotatable bonds is 4. The molecule has 3 atom stereocenters. The molecule has 2 rings (SSSR count). The lowest BCUT2D eigenvalue weighted by atomic mass is 9.92. The Morgan fingerprint density at radius 3 is 2.54 bits per heavy atom. The summed E-state index contributed by atoms with van der Waals surface area (Å²) < 4.78 is 0. The minimum Gasteiger partial charge on any atom is -0.304 e. The Balaban J connectivity index is 1.89. The van der Waals surface area contributed by atoms with Crippen LogP contribution in [0.25, 0.3) is 0 Å². The van der Waals surface area contributed by atoms with Crippen LogP contribution < -0.4 is 5.32 Å². The zero-order valence-corrected chi connectivity index (χ0v) is 8.55. The van der Waals surface area contributed by atoms with E-state index >= 15 is 0 Å². The Morgan fingerprint density at radius 1 is 1.38 bits per heavy atom. The molecule has 0 bridgehead atoms. The van der Waals surface area contributed by atoms with Crippen LogP contribution in [0.1, 0.15) is 39.5 Å². The first-order chi connectivity index (χ1) is 6.26. The Morgan fingerprint density at radius 2 is 2.08 bits per heavy atom. The van der Waals surface area contributed by atoms with E-state index in [9.17, 15) is 4.79 Å². The maximum atomic E-state index is 11.9. The molecule has 0 aromatic carbocycles. The Kier molecular flexibility index (Phi) is 2.41. The quantitative estimate of drug-likeness (QED) is 0.715. The molecule has 1 saturated heterocycles. The third-order valence-electron chi connectivity index (χ3n) is 3.61. The van der Waals surface area contributed by atoms with E-state index in [0.717, 1.165) is 25.2 Å². The van der Waals surface area contributed by atoms with E-state index in [4.69, 9.17) is 0 Å². The maximum Gasteiger partial charge on any atom is 0.152 e. The van der Waals surface area contributed by atoms with E-state index in [1.807, 2.05) is 0 Å². The highest BCUT2D eigenvalue weighted by Gasteiger charge is 2.48. The molecule has 0 aromatic rings. The first-order valence-electron chi connectivity index (χ1n) is 5.56. The van der Waals surface area contributed by atoms with Crippen LogP contribution in [0.5, 0.6) is 0 Å².